The molecule has 1 aromatic carbocycles. The quantitative estimate of drug-likeness (QED) is 0.489. The molecule has 0 saturated carbocycles. The SMILES string of the molecule is O=C(NCCCN1CCOCC1)c1ccnc(Nc2ccc(/C=C/c3ccccn3)cc2)c1. The van der Waals surface area contributed by atoms with Crippen LogP contribution < -0.4 is 10.6 Å². The van der Waals surface area contributed by atoms with Crippen LogP contribution in [0, 0.1) is 0 Å². The first-order valence-corrected chi connectivity index (χ1v) is 11.3. The molecule has 0 unspecified atom stereocenters. The Bertz CT molecular complexity index is 1050. The maximum Gasteiger partial charge on any atom is 0.251 e. The number of hydrogen-bond donors (Lipinski definition) is 2. The van der Waals surface area contributed by atoms with Gasteiger partial charge in [0.1, 0.15) is 5.82 Å². The average Bonchev–Trinajstić information content (AvgIpc) is 2.87. The monoisotopic (exact) mass is 443 g/mol. The van der Waals surface area contributed by atoms with E-state index >= 15 is 0 Å². The van der Waals surface area contributed by atoms with Gasteiger partial charge in [0.25, 0.3) is 5.91 Å². The predicted octanol–water partition coefficient (Wildman–Crippen LogP) is 3.84. The van der Waals surface area contributed by atoms with Crippen LogP contribution in [0.15, 0.2) is 67.0 Å². The molecular formula is C26H29N5O2. The molecule has 0 bridgehead atoms. The van der Waals surface area contributed by atoms with Gasteiger partial charge in [0, 0.05) is 43.3 Å². The van der Waals surface area contributed by atoms with Gasteiger partial charge in [0.05, 0.1) is 18.9 Å². The van der Waals surface area contributed by atoms with E-state index in [1.54, 1.807) is 24.5 Å². The first-order chi connectivity index (χ1) is 16.3. The third-order valence-electron chi connectivity index (χ3n) is 5.38. The zero-order valence-electron chi connectivity index (χ0n) is 18.6. The summed E-state index contributed by atoms with van der Waals surface area (Å²) in [6.45, 7) is 5.14. The van der Waals surface area contributed by atoms with E-state index in [0.717, 1.165) is 56.2 Å². The van der Waals surface area contributed by atoms with E-state index < -0.39 is 0 Å². The number of carbonyl (C=O) groups is 1. The predicted molar refractivity (Wildman–Crippen MR) is 131 cm³/mol. The Morgan fingerprint density at radius 2 is 1.85 bits per heavy atom. The first kappa shape index (κ1) is 22.6. The van der Waals surface area contributed by atoms with Crippen molar-refractivity contribution in [3.8, 4) is 0 Å². The van der Waals surface area contributed by atoms with Crippen molar-refractivity contribution in [3.05, 3.63) is 83.8 Å². The number of hydrogen-bond acceptors (Lipinski definition) is 6. The van der Waals surface area contributed by atoms with Gasteiger partial charge < -0.3 is 15.4 Å². The van der Waals surface area contributed by atoms with E-state index in [-0.39, 0.29) is 5.91 Å². The Labute approximate surface area is 194 Å². The lowest BCUT2D eigenvalue weighted by molar-refractivity contribution is 0.0374. The summed E-state index contributed by atoms with van der Waals surface area (Å²) in [4.78, 5) is 23.5. The summed E-state index contributed by atoms with van der Waals surface area (Å²) in [5.74, 6) is 0.546. The molecule has 7 nitrogen and oxygen atoms in total. The van der Waals surface area contributed by atoms with E-state index in [2.05, 4.69) is 25.5 Å². The van der Waals surface area contributed by atoms with Crippen LogP contribution in [0.5, 0.6) is 0 Å². The van der Waals surface area contributed by atoms with Crippen molar-refractivity contribution in [2.24, 2.45) is 0 Å². The Kier molecular flexibility index (Phi) is 8.16. The fraction of sp³-hybridized carbons (Fsp3) is 0.269. The largest absolute Gasteiger partial charge is 0.379 e. The number of morpholine rings is 1. The summed E-state index contributed by atoms with van der Waals surface area (Å²) in [6, 6.07) is 17.3. The highest BCUT2D eigenvalue weighted by Crippen LogP contribution is 2.17. The van der Waals surface area contributed by atoms with Crippen molar-refractivity contribution >= 4 is 29.6 Å². The number of nitrogens with one attached hydrogen (secondary N) is 2. The molecule has 4 rings (SSSR count). The second-order valence-corrected chi connectivity index (χ2v) is 7.83. The van der Waals surface area contributed by atoms with Gasteiger partial charge in [-0.05, 0) is 61.0 Å². The van der Waals surface area contributed by atoms with E-state index in [1.165, 1.54) is 0 Å². The molecule has 0 spiro atoms. The van der Waals surface area contributed by atoms with Crippen LogP contribution in [0.3, 0.4) is 0 Å². The van der Waals surface area contributed by atoms with Crippen LogP contribution in [-0.2, 0) is 4.74 Å². The fourth-order valence-electron chi connectivity index (χ4n) is 3.55. The molecule has 0 aliphatic carbocycles. The molecule has 170 valence electrons. The summed E-state index contributed by atoms with van der Waals surface area (Å²) in [6.07, 6.45) is 8.35. The maximum absolute atomic E-state index is 12.5. The van der Waals surface area contributed by atoms with Gasteiger partial charge in [-0.2, -0.15) is 0 Å². The molecule has 2 aromatic heterocycles. The Hall–Kier alpha value is -3.55. The molecule has 1 aliphatic heterocycles. The third-order valence-corrected chi connectivity index (χ3v) is 5.38. The lowest BCUT2D eigenvalue weighted by Crippen LogP contribution is -2.38. The van der Waals surface area contributed by atoms with Gasteiger partial charge in [-0.25, -0.2) is 4.98 Å². The minimum Gasteiger partial charge on any atom is -0.379 e. The third kappa shape index (κ3) is 7.24. The Balaban J connectivity index is 1.26. The lowest BCUT2D eigenvalue weighted by Gasteiger charge is -2.26. The molecule has 2 N–H and O–H groups in total. The number of carbonyl (C=O) groups excluding carboxylic acids is 1. The smallest absolute Gasteiger partial charge is 0.251 e. The summed E-state index contributed by atoms with van der Waals surface area (Å²) in [5.41, 5.74) is 3.49. The van der Waals surface area contributed by atoms with Crippen molar-refractivity contribution in [1.29, 1.82) is 0 Å². The van der Waals surface area contributed by atoms with Crippen LogP contribution in [0.2, 0.25) is 0 Å². The van der Waals surface area contributed by atoms with Crippen LogP contribution in [0.25, 0.3) is 12.2 Å². The summed E-state index contributed by atoms with van der Waals surface area (Å²) < 4.78 is 5.36. The Morgan fingerprint density at radius 3 is 2.64 bits per heavy atom. The van der Waals surface area contributed by atoms with Gasteiger partial charge in [-0.15, -0.1) is 0 Å². The number of ether oxygens (including phenoxy) is 1. The standard InChI is InChI=1S/C26H29N5O2/c32-26(29-13-3-15-31-16-18-33-19-17-31)22-11-14-28-25(20-22)30-24-9-6-21(7-10-24)5-8-23-4-1-2-12-27-23/h1-2,4-12,14,20H,3,13,15-19H2,(H,28,30)(H,29,32)/b8-5+. The van der Waals surface area contributed by atoms with Crippen molar-refractivity contribution in [3.63, 3.8) is 0 Å². The summed E-state index contributed by atoms with van der Waals surface area (Å²) in [7, 11) is 0. The highest BCUT2D eigenvalue weighted by molar-refractivity contribution is 5.94. The lowest BCUT2D eigenvalue weighted by atomic mass is 10.1. The molecule has 0 radical (unpaired) electrons. The summed E-state index contributed by atoms with van der Waals surface area (Å²) >= 11 is 0. The minimum absolute atomic E-state index is 0.0857. The normalized spacial score (nSPS) is 14.3. The molecule has 1 saturated heterocycles. The molecule has 1 amide bonds. The van der Waals surface area contributed by atoms with Crippen LogP contribution in [-0.4, -0.2) is 60.2 Å². The van der Waals surface area contributed by atoms with Gasteiger partial charge in [0.15, 0.2) is 0 Å². The molecule has 1 fully saturated rings. The average molecular weight is 444 g/mol. The molecule has 7 heteroatoms. The second kappa shape index (κ2) is 11.9. The molecule has 33 heavy (non-hydrogen) atoms. The summed E-state index contributed by atoms with van der Waals surface area (Å²) in [5, 5.41) is 6.26. The zero-order valence-corrected chi connectivity index (χ0v) is 18.6. The highest BCUT2D eigenvalue weighted by Gasteiger charge is 2.10. The zero-order chi connectivity index (χ0) is 22.7. The van der Waals surface area contributed by atoms with Gasteiger partial charge in [-0.3, -0.25) is 14.7 Å². The van der Waals surface area contributed by atoms with Gasteiger partial charge >= 0.3 is 0 Å². The first-order valence-electron chi connectivity index (χ1n) is 11.3. The number of rotatable bonds is 9. The molecular weight excluding hydrogens is 414 g/mol. The van der Waals surface area contributed by atoms with Crippen molar-refractivity contribution in [2.45, 2.75) is 6.42 Å². The Morgan fingerprint density at radius 1 is 1.00 bits per heavy atom. The number of nitrogens with zero attached hydrogens (tertiary/aromatic N) is 3. The van der Waals surface area contributed by atoms with Gasteiger partial charge in [-0.1, -0.05) is 24.3 Å². The van der Waals surface area contributed by atoms with E-state index in [9.17, 15) is 4.79 Å². The molecule has 3 heterocycles. The maximum atomic E-state index is 12.5. The molecule has 0 atom stereocenters. The molecule has 1 aliphatic rings. The van der Waals surface area contributed by atoms with Crippen LogP contribution in [0.1, 0.15) is 28.0 Å². The second-order valence-electron chi connectivity index (χ2n) is 7.83. The van der Waals surface area contributed by atoms with Crippen LogP contribution in [0.4, 0.5) is 11.5 Å². The molecule has 3 aromatic rings. The van der Waals surface area contributed by atoms with Gasteiger partial charge in [0.2, 0.25) is 0 Å². The number of anilines is 2. The van der Waals surface area contributed by atoms with E-state index in [0.29, 0.717) is 17.9 Å². The van der Waals surface area contributed by atoms with E-state index in [1.807, 2.05) is 54.6 Å². The van der Waals surface area contributed by atoms with Crippen molar-refractivity contribution < 1.29 is 9.53 Å². The number of amides is 1. The topological polar surface area (TPSA) is 79.4 Å². The highest BCUT2D eigenvalue weighted by atomic mass is 16.5. The minimum atomic E-state index is -0.0857. The van der Waals surface area contributed by atoms with E-state index in [4.69, 9.17) is 4.74 Å². The van der Waals surface area contributed by atoms with Crippen molar-refractivity contribution in [1.82, 2.24) is 20.2 Å². The van der Waals surface area contributed by atoms with Crippen LogP contribution >= 0.6 is 0 Å². The number of pyridine rings is 2. The number of benzene rings is 1. The fourth-order valence-corrected chi connectivity index (χ4v) is 3.55. The number of aromatic nitrogens is 2. The van der Waals surface area contributed by atoms with Crippen molar-refractivity contribution in [2.75, 3.05) is 44.7 Å².